The van der Waals surface area contributed by atoms with Gasteiger partial charge < -0.3 is 5.11 Å². The number of hydrogen-bond donors (Lipinski definition) is 2. The molecule has 0 amide bonds. The number of carboxylic acids is 1. The maximum atomic E-state index is 9.72. The minimum atomic E-state index is -1.06. The second kappa shape index (κ2) is 2.28. The predicted molar refractivity (Wildman–Crippen MR) is 22.2 cm³/mol. The van der Waals surface area contributed by atoms with Crippen LogP contribution in [0.15, 0.2) is 5.11 Å². The molecule has 0 fully saturated rings. The zero-order valence-corrected chi connectivity index (χ0v) is 3.88. The number of rotatable bonds is 2. The van der Waals surface area contributed by atoms with Crippen LogP contribution in [0.2, 0.25) is 0 Å². The van der Waals surface area contributed by atoms with Crippen molar-refractivity contribution in [2.75, 3.05) is 0 Å². The summed E-state index contributed by atoms with van der Waals surface area (Å²) in [5, 5.41) is 10.7. The molecule has 0 unspecified atom stereocenters. The molecular weight excluding hydrogens is 96.0 g/mol. The van der Waals surface area contributed by atoms with Crippen molar-refractivity contribution in [2.24, 2.45) is 5.11 Å². The normalized spacial score (nSPS) is 12.7. The molecule has 0 aliphatic heterocycles. The third-order valence-electron chi connectivity index (χ3n) is 0.551. The first-order valence-electron chi connectivity index (χ1n) is 1.78. The van der Waals surface area contributed by atoms with Gasteiger partial charge in [0.15, 0.2) is 6.04 Å². The molecule has 0 spiro atoms. The van der Waals surface area contributed by atoms with E-state index in [2.05, 4.69) is 5.11 Å². The zero-order chi connectivity index (χ0) is 5.86. The van der Waals surface area contributed by atoms with Crippen molar-refractivity contribution in [3.8, 4) is 0 Å². The van der Waals surface area contributed by atoms with Gasteiger partial charge in [0.25, 0.3) is 0 Å². The van der Waals surface area contributed by atoms with Gasteiger partial charge >= 0.3 is 5.97 Å². The lowest BCUT2D eigenvalue weighted by atomic mass is 10.4. The quantitative estimate of drug-likeness (QED) is 0.498. The summed E-state index contributed by atoms with van der Waals surface area (Å²) in [5.41, 5.74) is 6.18. The highest BCUT2D eigenvalue weighted by atomic mass is 16.4. The van der Waals surface area contributed by atoms with E-state index >= 15 is 0 Å². The monoisotopic (exact) mass is 102 g/mol. The van der Waals surface area contributed by atoms with E-state index in [9.17, 15) is 4.79 Å². The van der Waals surface area contributed by atoms with Crippen molar-refractivity contribution in [2.45, 2.75) is 13.0 Å². The van der Waals surface area contributed by atoms with Gasteiger partial charge in [-0.25, -0.2) is 10.3 Å². The first-order chi connectivity index (χ1) is 3.18. The van der Waals surface area contributed by atoms with E-state index in [0.717, 1.165) is 0 Å². The summed E-state index contributed by atoms with van der Waals surface area (Å²) in [6.45, 7) is 1.34. The molecule has 40 valence electrons. The Morgan fingerprint density at radius 1 is 2.00 bits per heavy atom. The lowest BCUT2D eigenvalue weighted by Gasteiger charge is -1.90. The lowest BCUT2D eigenvalue weighted by molar-refractivity contribution is -0.138. The molecule has 0 aromatic heterocycles. The molecule has 0 aliphatic carbocycles. The van der Waals surface area contributed by atoms with E-state index in [1.807, 2.05) is 0 Å². The summed E-state index contributed by atoms with van der Waals surface area (Å²) in [6.07, 6.45) is 0. The highest BCUT2D eigenvalue weighted by molar-refractivity contribution is 5.72. The smallest absolute Gasteiger partial charge is 0.330 e. The number of nitrogens with one attached hydrogen (secondary N) is 1. The number of nitrogens with zero attached hydrogens (tertiary/aromatic N) is 1. The Hall–Kier alpha value is -0.930. The molecule has 0 heterocycles. The van der Waals surface area contributed by atoms with E-state index in [1.165, 1.54) is 6.92 Å². The first-order valence-corrected chi connectivity index (χ1v) is 1.78. The summed E-state index contributed by atoms with van der Waals surface area (Å²) in [7, 11) is 0. The fraction of sp³-hybridized carbons (Fsp3) is 0.667. The van der Waals surface area contributed by atoms with Gasteiger partial charge in [-0.3, -0.25) is 0 Å². The van der Waals surface area contributed by atoms with Crippen molar-refractivity contribution in [3.63, 3.8) is 0 Å². The molecule has 4 heteroatoms. The van der Waals surface area contributed by atoms with Crippen molar-refractivity contribution in [1.29, 1.82) is 5.53 Å². The molecular formula is C3H6N2O2. The van der Waals surface area contributed by atoms with Crippen LogP contribution in [0.4, 0.5) is 0 Å². The van der Waals surface area contributed by atoms with Crippen LogP contribution in [-0.2, 0) is 4.79 Å². The van der Waals surface area contributed by atoms with Crippen molar-refractivity contribution in [3.05, 3.63) is 0 Å². The SMILES string of the molecule is C[C@H](N=N)C(=O)O. The van der Waals surface area contributed by atoms with Crippen LogP contribution in [-0.4, -0.2) is 17.1 Å². The standard InChI is InChI=1S/C3H6N2O2/c1-2(5-4)3(6)7/h2,4H,1H3,(H,6,7)/t2-/m0/s1. The van der Waals surface area contributed by atoms with Crippen molar-refractivity contribution in [1.82, 2.24) is 0 Å². The van der Waals surface area contributed by atoms with Crippen LogP contribution in [0.5, 0.6) is 0 Å². The average molecular weight is 102 g/mol. The van der Waals surface area contributed by atoms with Crippen LogP contribution >= 0.6 is 0 Å². The first kappa shape index (κ1) is 6.07. The van der Waals surface area contributed by atoms with Crippen LogP contribution in [0, 0.1) is 5.53 Å². The van der Waals surface area contributed by atoms with Crippen LogP contribution < -0.4 is 0 Å². The van der Waals surface area contributed by atoms with Crippen LogP contribution in [0.25, 0.3) is 0 Å². The largest absolute Gasteiger partial charge is 0.480 e. The molecule has 0 saturated heterocycles. The predicted octanol–water partition coefficient (Wildman–Crippen LogP) is 0.490. The molecule has 0 aromatic rings. The van der Waals surface area contributed by atoms with Gasteiger partial charge in [-0.2, -0.15) is 5.11 Å². The highest BCUT2D eigenvalue weighted by Crippen LogP contribution is 1.84. The van der Waals surface area contributed by atoms with Gasteiger partial charge in [0.2, 0.25) is 0 Å². The molecule has 0 rings (SSSR count). The van der Waals surface area contributed by atoms with Crippen LogP contribution in [0.1, 0.15) is 6.92 Å². The third kappa shape index (κ3) is 1.86. The Labute approximate surface area is 40.7 Å². The van der Waals surface area contributed by atoms with E-state index in [-0.39, 0.29) is 0 Å². The molecule has 1 atom stereocenters. The Balaban J connectivity index is 3.55. The van der Waals surface area contributed by atoms with E-state index in [0.29, 0.717) is 0 Å². The Kier molecular flexibility index (Phi) is 1.98. The van der Waals surface area contributed by atoms with Gasteiger partial charge in [-0.15, -0.1) is 0 Å². The second-order valence-corrected chi connectivity index (χ2v) is 1.14. The van der Waals surface area contributed by atoms with Crippen molar-refractivity contribution >= 4 is 5.97 Å². The second-order valence-electron chi connectivity index (χ2n) is 1.14. The summed E-state index contributed by atoms with van der Waals surface area (Å²) >= 11 is 0. The minimum absolute atomic E-state index is 0.889. The molecule has 0 saturated carbocycles. The third-order valence-corrected chi connectivity index (χ3v) is 0.551. The lowest BCUT2D eigenvalue weighted by Crippen LogP contribution is -2.11. The van der Waals surface area contributed by atoms with Gasteiger partial charge in [0.05, 0.1) is 0 Å². The zero-order valence-electron chi connectivity index (χ0n) is 3.88. The molecule has 4 nitrogen and oxygen atoms in total. The van der Waals surface area contributed by atoms with Crippen molar-refractivity contribution < 1.29 is 9.90 Å². The molecule has 2 N–H and O–H groups in total. The number of carboxylic acid groups (broad SMARTS) is 1. The summed E-state index contributed by atoms with van der Waals surface area (Å²) in [6, 6.07) is -0.889. The topological polar surface area (TPSA) is 73.5 Å². The van der Waals surface area contributed by atoms with E-state index in [4.69, 9.17) is 10.6 Å². The Morgan fingerprint density at radius 3 is 2.43 bits per heavy atom. The molecule has 0 radical (unpaired) electrons. The highest BCUT2D eigenvalue weighted by Gasteiger charge is 2.05. The Bertz CT molecular complexity index is 90.9. The molecule has 0 aliphatic rings. The van der Waals surface area contributed by atoms with Gasteiger partial charge in [0, 0.05) is 0 Å². The Morgan fingerprint density at radius 2 is 2.43 bits per heavy atom. The van der Waals surface area contributed by atoms with Crippen LogP contribution in [0.3, 0.4) is 0 Å². The molecule has 7 heavy (non-hydrogen) atoms. The summed E-state index contributed by atoms with van der Waals surface area (Å²) < 4.78 is 0. The molecule has 0 bridgehead atoms. The summed E-state index contributed by atoms with van der Waals surface area (Å²) in [5.74, 6) is -1.06. The molecule has 0 aromatic carbocycles. The number of hydrogen-bond acceptors (Lipinski definition) is 3. The summed E-state index contributed by atoms with van der Waals surface area (Å²) in [4.78, 5) is 9.72. The number of carbonyl (C=O) groups is 1. The van der Waals surface area contributed by atoms with Gasteiger partial charge in [-0.1, -0.05) is 0 Å². The minimum Gasteiger partial charge on any atom is -0.480 e. The van der Waals surface area contributed by atoms with E-state index in [1.54, 1.807) is 0 Å². The maximum Gasteiger partial charge on any atom is 0.330 e. The van der Waals surface area contributed by atoms with Gasteiger partial charge in [-0.05, 0) is 6.92 Å². The van der Waals surface area contributed by atoms with E-state index < -0.39 is 12.0 Å². The fourth-order valence-electron chi connectivity index (χ4n) is 0.0552. The number of aliphatic carboxylic acids is 1. The van der Waals surface area contributed by atoms with Gasteiger partial charge in [0.1, 0.15) is 0 Å². The fourth-order valence-corrected chi connectivity index (χ4v) is 0.0552. The average Bonchev–Trinajstić information content (AvgIpc) is 1.65. The maximum absolute atomic E-state index is 9.72.